The topological polar surface area (TPSA) is 29.1 Å². The fraction of sp³-hybridized carbons (Fsp3) is 0.357. The maximum absolute atomic E-state index is 11.7. The Kier molecular flexibility index (Phi) is 3.09. The first kappa shape index (κ1) is 10.9. The molecule has 0 spiro atoms. The summed E-state index contributed by atoms with van der Waals surface area (Å²) in [7, 11) is 0. The van der Waals surface area contributed by atoms with Crippen molar-refractivity contribution in [3.8, 4) is 0 Å². The summed E-state index contributed by atoms with van der Waals surface area (Å²) in [5.74, 6) is 0.611. The molecule has 1 N–H and O–H groups in total. The van der Waals surface area contributed by atoms with Gasteiger partial charge in [0, 0.05) is 0 Å². The van der Waals surface area contributed by atoms with E-state index in [4.69, 9.17) is 0 Å². The summed E-state index contributed by atoms with van der Waals surface area (Å²) in [5, 5.41) is 2.75. The van der Waals surface area contributed by atoms with Gasteiger partial charge in [-0.15, -0.1) is 0 Å². The highest BCUT2D eigenvalue weighted by Gasteiger charge is 2.20. The summed E-state index contributed by atoms with van der Waals surface area (Å²) < 4.78 is 0. The van der Waals surface area contributed by atoms with Crippen LogP contribution in [0.1, 0.15) is 43.2 Å². The van der Waals surface area contributed by atoms with Crippen LogP contribution in [0.2, 0.25) is 0 Å². The van der Waals surface area contributed by atoms with Crippen molar-refractivity contribution in [3.05, 3.63) is 47.7 Å². The molecule has 16 heavy (non-hydrogen) atoms. The molecule has 1 amide bonds. The van der Waals surface area contributed by atoms with Crippen LogP contribution in [0.5, 0.6) is 0 Å². The molecule has 0 aliphatic carbocycles. The van der Waals surface area contributed by atoms with Gasteiger partial charge in [-0.1, -0.05) is 44.2 Å². The predicted octanol–water partition coefficient (Wildman–Crippen LogP) is 2.93. The van der Waals surface area contributed by atoms with Gasteiger partial charge in [0.25, 0.3) is 0 Å². The van der Waals surface area contributed by atoms with Crippen molar-refractivity contribution >= 4 is 5.91 Å². The predicted molar refractivity (Wildman–Crippen MR) is 65.2 cm³/mol. The normalized spacial score (nSPS) is 19.9. The molecule has 1 atom stereocenters. The summed E-state index contributed by atoms with van der Waals surface area (Å²) in [6.07, 6.45) is 4.52. The molecule has 1 unspecified atom stereocenters. The summed E-state index contributed by atoms with van der Waals surface area (Å²) in [6.45, 7) is 4.34. The molecule has 2 nitrogen and oxygen atoms in total. The largest absolute Gasteiger partial charge is 0.332 e. The fourth-order valence-corrected chi connectivity index (χ4v) is 1.95. The van der Waals surface area contributed by atoms with Gasteiger partial charge >= 0.3 is 0 Å². The Labute approximate surface area is 96.4 Å². The number of carbonyl (C=O) groups excluding carboxylic acids is 1. The Morgan fingerprint density at radius 1 is 1.25 bits per heavy atom. The minimum absolute atomic E-state index is 0.0220. The Morgan fingerprint density at radius 2 is 1.94 bits per heavy atom. The van der Waals surface area contributed by atoms with Crippen LogP contribution in [-0.2, 0) is 4.79 Å². The van der Waals surface area contributed by atoms with Gasteiger partial charge in [-0.05, 0) is 29.7 Å². The lowest BCUT2D eigenvalue weighted by atomic mass is 9.91. The molecule has 2 heteroatoms. The molecule has 1 aliphatic heterocycles. The molecular formula is C14H17NO. The third-order valence-electron chi connectivity index (χ3n) is 3.04. The monoisotopic (exact) mass is 215 g/mol. The van der Waals surface area contributed by atoms with Gasteiger partial charge in [0.2, 0.25) is 5.91 Å². The van der Waals surface area contributed by atoms with E-state index in [9.17, 15) is 4.79 Å². The first-order valence-corrected chi connectivity index (χ1v) is 5.73. The van der Waals surface area contributed by atoms with Crippen LogP contribution in [0.15, 0.2) is 36.5 Å². The van der Waals surface area contributed by atoms with Gasteiger partial charge in [-0.3, -0.25) is 4.79 Å². The lowest BCUT2D eigenvalue weighted by Gasteiger charge is -2.18. The molecule has 2 rings (SSSR count). The number of carbonyl (C=O) groups is 1. The zero-order valence-corrected chi connectivity index (χ0v) is 9.73. The van der Waals surface area contributed by atoms with E-state index in [1.165, 1.54) is 5.56 Å². The highest BCUT2D eigenvalue weighted by atomic mass is 16.1. The van der Waals surface area contributed by atoms with E-state index in [0.717, 1.165) is 12.0 Å². The van der Waals surface area contributed by atoms with Gasteiger partial charge in [-0.25, -0.2) is 0 Å². The molecule has 84 valence electrons. The molecular weight excluding hydrogens is 198 g/mol. The van der Waals surface area contributed by atoms with Gasteiger partial charge in [0.05, 0.1) is 5.92 Å². The highest BCUT2D eigenvalue weighted by molar-refractivity contribution is 5.85. The molecule has 1 aromatic rings. The molecule has 0 saturated carbocycles. The Hall–Kier alpha value is -1.57. The Bertz CT molecular complexity index is 403. The van der Waals surface area contributed by atoms with Crippen molar-refractivity contribution < 1.29 is 4.79 Å². The van der Waals surface area contributed by atoms with Crippen molar-refractivity contribution in [1.82, 2.24) is 5.32 Å². The van der Waals surface area contributed by atoms with E-state index in [2.05, 4.69) is 43.4 Å². The standard InChI is InChI=1S/C14H17NO/c1-10(2)11-5-7-12(8-6-11)13-4-3-9-15-14(13)16/h3,5-10,13H,4H2,1-2H3,(H,15,16). The second-order valence-corrected chi connectivity index (χ2v) is 4.52. The summed E-state index contributed by atoms with van der Waals surface area (Å²) in [5.41, 5.74) is 2.42. The average Bonchev–Trinajstić information content (AvgIpc) is 2.30. The first-order chi connectivity index (χ1) is 7.68. The highest BCUT2D eigenvalue weighted by Crippen LogP contribution is 2.24. The number of hydrogen-bond donors (Lipinski definition) is 1. The van der Waals surface area contributed by atoms with Crippen LogP contribution in [0, 0.1) is 0 Å². The van der Waals surface area contributed by atoms with Crippen LogP contribution in [-0.4, -0.2) is 5.91 Å². The lowest BCUT2D eigenvalue weighted by molar-refractivity contribution is -0.121. The summed E-state index contributed by atoms with van der Waals surface area (Å²) >= 11 is 0. The molecule has 0 radical (unpaired) electrons. The number of hydrogen-bond acceptors (Lipinski definition) is 1. The number of nitrogens with one attached hydrogen (secondary N) is 1. The summed E-state index contributed by atoms with van der Waals surface area (Å²) in [4.78, 5) is 11.7. The van der Waals surface area contributed by atoms with Crippen molar-refractivity contribution in [3.63, 3.8) is 0 Å². The number of rotatable bonds is 2. The van der Waals surface area contributed by atoms with Gasteiger partial charge in [0.1, 0.15) is 0 Å². The van der Waals surface area contributed by atoms with Crippen LogP contribution >= 0.6 is 0 Å². The van der Waals surface area contributed by atoms with Crippen molar-refractivity contribution in [2.24, 2.45) is 0 Å². The third-order valence-corrected chi connectivity index (χ3v) is 3.04. The second-order valence-electron chi connectivity index (χ2n) is 4.52. The Balaban J connectivity index is 2.21. The van der Waals surface area contributed by atoms with E-state index in [1.54, 1.807) is 6.20 Å². The smallest absolute Gasteiger partial charge is 0.231 e. The quantitative estimate of drug-likeness (QED) is 0.807. The van der Waals surface area contributed by atoms with E-state index < -0.39 is 0 Å². The van der Waals surface area contributed by atoms with Crippen LogP contribution in [0.3, 0.4) is 0 Å². The van der Waals surface area contributed by atoms with Crippen molar-refractivity contribution in [1.29, 1.82) is 0 Å². The zero-order chi connectivity index (χ0) is 11.5. The van der Waals surface area contributed by atoms with Crippen LogP contribution in [0.25, 0.3) is 0 Å². The molecule has 0 bridgehead atoms. The lowest BCUT2D eigenvalue weighted by Crippen LogP contribution is -2.27. The number of allylic oxidation sites excluding steroid dienone is 1. The molecule has 0 fully saturated rings. The van der Waals surface area contributed by atoms with Gasteiger partial charge in [0.15, 0.2) is 0 Å². The molecule has 1 aliphatic rings. The SMILES string of the molecule is CC(C)c1ccc(C2CC=CNC2=O)cc1. The van der Waals surface area contributed by atoms with Crippen LogP contribution < -0.4 is 5.32 Å². The number of benzene rings is 1. The third kappa shape index (κ3) is 2.16. The van der Waals surface area contributed by atoms with Crippen molar-refractivity contribution in [2.45, 2.75) is 32.1 Å². The van der Waals surface area contributed by atoms with Crippen LogP contribution in [0.4, 0.5) is 0 Å². The summed E-state index contributed by atoms with van der Waals surface area (Å²) in [6, 6.07) is 8.37. The second kappa shape index (κ2) is 4.52. The van der Waals surface area contributed by atoms with E-state index in [0.29, 0.717) is 5.92 Å². The van der Waals surface area contributed by atoms with Gasteiger partial charge < -0.3 is 5.32 Å². The first-order valence-electron chi connectivity index (χ1n) is 5.73. The maximum Gasteiger partial charge on any atom is 0.231 e. The average molecular weight is 215 g/mol. The van der Waals surface area contributed by atoms with E-state index in [1.807, 2.05) is 6.08 Å². The molecule has 0 aromatic heterocycles. The molecule has 1 heterocycles. The maximum atomic E-state index is 11.7. The van der Waals surface area contributed by atoms with Crippen molar-refractivity contribution in [2.75, 3.05) is 0 Å². The fourth-order valence-electron chi connectivity index (χ4n) is 1.95. The Morgan fingerprint density at radius 3 is 2.50 bits per heavy atom. The zero-order valence-electron chi connectivity index (χ0n) is 9.73. The molecule has 1 aromatic carbocycles. The minimum atomic E-state index is -0.0220. The van der Waals surface area contributed by atoms with E-state index in [-0.39, 0.29) is 11.8 Å². The van der Waals surface area contributed by atoms with Gasteiger partial charge in [-0.2, -0.15) is 0 Å². The minimum Gasteiger partial charge on any atom is -0.332 e. The molecule has 0 saturated heterocycles. The number of amides is 1. The van der Waals surface area contributed by atoms with E-state index >= 15 is 0 Å².